The van der Waals surface area contributed by atoms with Crippen LogP contribution >= 0.6 is 15.9 Å². The van der Waals surface area contributed by atoms with Crippen LogP contribution in [-0.2, 0) is 6.54 Å². The van der Waals surface area contributed by atoms with Crippen LogP contribution in [0.4, 0.5) is 0 Å². The summed E-state index contributed by atoms with van der Waals surface area (Å²) in [5.74, 6) is 0.262. The van der Waals surface area contributed by atoms with Gasteiger partial charge in [0.2, 0.25) is 0 Å². The number of halogens is 1. The number of rotatable bonds is 3. The van der Waals surface area contributed by atoms with E-state index >= 15 is 0 Å². The van der Waals surface area contributed by atoms with E-state index in [1.165, 1.54) is 25.7 Å². The Morgan fingerprint density at radius 1 is 1.53 bits per heavy atom. The monoisotopic (exact) mass is 268 g/mol. The fourth-order valence-corrected chi connectivity index (χ4v) is 2.96. The Bertz CT molecular complexity index is 373. The van der Waals surface area contributed by atoms with Crippen molar-refractivity contribution in [3.63, 3.8) is 0 Å². The summed E-state index contributed by atoms with van der Waals surface area (Å²) in [6, 6.07) is 1.95. The zero-order valence-electron chi connectivity index (χ0n) is 8.49. The summed E-state index contributed by atoms with van der Waals surface area (Å²) >= 11 is 3.59. The second-order valence-electron chi connectivity index (χ2n) is 4.22. The minimum Gasteiger partial charge on any atom is -0.251 e. The summed E-state index contributed by atoms with van der Waals surface area (Å²) in [6.45, 7) is 0.868. The summed E-state index contributed by atoms with van der Waals surface area (Å²) in [5, 5.41) is 13.7. The maximum Gasteiger partial charge on any atom is 0.252 e. The molecule has 1 fully saturated rings. The van der Waals surface area contributed by atoms with Crippen molar-refractivity contribution in [2.24, 2.45) is 5.41 Å². The minimum absolute atomic E-state index is 0.262. The van der Waals surface area contributed by atoms with Crippen LogP contribution in [0.25, 0.3) is 0 Å². The standard InChI is InChI=1S/C10H13BrN4/c11-6-10(3-1-2-4-10)7-15-8-13-9(5-12)14-15/h8H,1-4,6-7H2. The van der Waals surface area contributed by atoms with Gasteiger partial charge < -0.3 is 0 Å². The summed E-state index contributed by atoms with van der Waals surface area (Å²) in [5.41, 5.74) is 0.320. The third-order valence-electron chi connectivity index (χ3n) is 3.08. The van der Waals surface area contributed by atoms with Crippen LogP contribution in [0.2, 0.25) is 0 Å². The summed E-state index contributed by atoms with van der Waals surface area (Å²) in [7, 11) is 0. The number of aromatic nitrogens is 3. The van der Waals surface area contributed by atoms with Gasteiger partial charge in [-0.1, -0.05) is 28.8 Å². The number of nitrogens with zero attached hydrogens (tertiary/aromatic N) is 4. The van der Waals surface area contributed by atoms with Crippen LogP contribution in [0.15, 0.2) is 6.33 Å². The predicted molar refractivity (Wildman–Crippen MR) is 59.4 cm³/mol. The van der Waals surface area contributed by atoms with Crippen LogP contribution in [0.1, 0.15) is 31.5 Å². The SMILES string of the molecule is N#Cc1ncn(CC2(CBr)CCCC2)n1. The van der Waals surface area contributed by atoms with Gasteiger partial charge >= 0.3 is 0 Å². The predicted octanol–water partition coefficient (Wildman–Crippen LogP) is 2.11. The lowest BCUT2D eigenvalue weighted by Crippen LogP contribution is -2.25. The van der Waals surface area contributed by atoms with Gasteiger partial charge in [0.1, 0.15) is 12.4 Å². The molecule has 0 aromatic carbocycles. The molecule has 0 unspecified atom stereocenters. The van der Waals surface area contributed by atoms with E-state index in [2.05, 4.69) is 26.0 Å². The van der Waals surface area contributed by atoms with Gasteiger partial charge in [-0.15, -0.1) is 5.10 Å². The van der Waals surface area contributed by atoms with E-state index in [4.69, 9.17) is 5.26 Å². The summed E-state index contributed by atoms with van der Waals surface area (Å²) in [6.07, 6.45) is 6.72. The quantitative estimate of drug-likeness (QED) is 0.789. The highest BCUT2D eigenvalue weighted by Crippen LogP contribution is 2.40. The largest absolute Gasteiger partial charge is 0.252 e. The third-order valence-corrected chi connectivity index (χ3v) is 4.27. The van der Waals surface area contributed by atoms with Gasteiger partial charge in [0.25, 0.3) is 5.82 Å². The Morgan fingerprint density at radius 2 is 2.27 bits per heavy atom. The molecule has 0 atom stereocenters. The van der Waals surface area contributed by atoms with Crippen molar-refractivity contribution in [1.29, 1.82) is 5.26 Å². The number of nitriles is 1. The Hall–Kier alpha value is -0.890. The third kappa shape index (κ3) is 2.20. The van der Waals surface area contributed by atoms with Crippen LogP contribution in [0.3, 0.4) is 0 Å². The van der Waals surface area contributed by atoms with Gasteiger partial charge in [0, 0.05) is 11.9 Å². The van der Waals surface area contributed by atoms with Gasteiger partial charge in [-0.05, 0) is 18.3 Å². The molecule has 15 heavy (non-hydrogen) atoms. The van der Waals surface area contributed by atoms with Crippen LogP contribution < -0.4 is 0 Å². The highest BCUT2D eigenvalue weighted by Gasteiger charge is 2.33. The molecule has 0 bridgehead atoms. The Labute approximate surface area is 97.4 Å². The first kappa shape index (κ1) is 10.6. The normalized spacial score (nSPS) is 18.9. The van der Waals surface area contributed by atoms with Crippen LogP contribution in [0.5, 0.6) is 0 Å². The molecule has 0 N–H and O–H groups in total. The molecule has 5 heteroatoms. The average Bonchev–Trinajstić information content (AvgIpc) is 2.88. The highest BCUT2D eigenvalue weighted by atomic mass is 79.9. The van der Waals surface area contributed by atoms with Crippen molar-refractivity contribution in [2.45, 2.75) is 32.2 Å². The summed E-state index contributed by atoms with van der Waals surface area (Å²) < 4.78 is 1.80. The Morgan fingerprint density at radius 3 is 2.80 bits per heavy atom. The smallest absolute Gasteiger partial charge is 0.251 e. The van der Waals surface area contributed by atoms with Gasteiger partial charge in [0.15, 0.2) is 0 Å². The van der Waals surface area contributed by atoms with Crippen molar-refractivity contribution in [2.75, 3.05) is 5.33 Å². The lowest BCUT2D eigenvalue weighted by molar-refractivity contribution is 0.277. The molecule has 1 saturated carbocycles. The molecule has 1 aliphatic rings. The van der Waals surface area contributed by atoms with E-state index in [9.17, 15) is 0 Å². The van der Waals surface area contributed by atoms with Crippen molar-refractivity contribution >= 4 is 15.9 Å². The maximum absolute atomic E-state index is 8.64. The zero-order chi connectivity index (χ0) is 10.7. The molecule has 1 heterocycles. The molecule has 1 aliphatic carbocycles. The van der Waals surface area contributed by atoms with Crippen LogP contribution in [0, 0.1) is 16.7 Å². The number of hydrogen-bond acceptors (Lipinski definition) is 3. The molecule has 0 saturated heterocycles. The fraction of sp³-hybridized carbons (Fsp3) is 0.700. The molecule has 0 radical (unpaired) electrons. The lowest BCUT2D eigenvalue weighted by atomic mass is 9.89. The molecule has 80 valence electrons. The Kier molecular flexibility index (Phi) is 3.06. The van der Waals surface area contributed by atoms with Crippen molar-refractivity contribution < 1.29 is 0 Å². The van der Waals surface area contributed by atoms with Gasteiger partial charge in [-0.2, -0.15) is 5.26 Å². The van der Waals surface area contributed by atoms with E-state index in [0.29, 0.717) is 5.41 Å². The molecule has 4 nitrogen and oxygen atoms in total. The van der Waals surface area contributed by atoms with Gasteiger partial charge in [-0.25, -0.2) is 4.98 Å². The molecule has 0 amide bonds. The van der Waals surface area contributed by atoms with E-state index in [-0.39, 0.29) is 5.82 Å². The fourth-order valence-electron chi connectivity index (χ4n) is 2.22. The number of hydrogen-bond donors (Lipinski definition) is 0. The van der Waals surface area contributed by atoms with Crippen molar-refractivity contribution in [3.8, 4) is 6.07 Å². The Balaban J connectivity index is 2.10. The molecule has 0 spiro atoms. The first-order chi connectivity index (χ1) is 7.28. The van der Waals surface area contributed by atoms with Crippen molar-refractivity contribution in [1.82, 2.24) is 14.8 Å². The second kappa shape index (κ2) is 4.31. The van der Waals surface area contributed by atoms with E-state index < -0.39 is 0 Å². The first-order valence-electron chi connectivity index (χ1n) is 5.13. The van der Waals surface area contributed by atoms with Crippen LogP contribution in [-0.4, -0.2) is 20.1 Å². The first-order valence-corrected chi connectivity index (χ1v) is 6.26. The maximum atomic E-state index is 8.64. The lowest BCUT2D eigenvalue weighted by Gasteiger charge is -2.25. The number of alkyl halides is 1. The molecule has 1 aromatic heterocycles. The topological polar surface area (TPSA) is 54.5 Å². The van der Waals surface area contributed by atoms with E-state index in [1.54, 1.807) is 11.0 Å². The molecule has 2 rings (SSSR count). The van der Waals surface area contributed by atoms with E-state index in [1.807, 2.05) is 6.07 Å². The zero-order valence-corrected chi connectivity index (χ0v) is 10.1. The average molecular weight is 269 g/mol. The minimum atomic E-state index is 0.262. The van der Waals surface area contributed by atoms with Crippen molar-refractivity contribution in [3.05, 3.63) is 12.2 Å². The molecular weight excluding hydrogens is 256 g/mol. The van der Waals surface area contributed by atoms with E-state index in [0.717, 1.165) is 11.9 Å². The molecular formula is C10H13BrN4. The molecule has 0 aliphatic heterocycles. The second-order valence-corrected chi connectivity index (χ2v) is 4.78. The van der Waals surface area contributed by atoms with Gasteiger partial charge in [0.05, 0.1) is 0 Å². The molecule has 1 aromatic rings. The summed E-state index contributed by atoms with van der Waals surface area (Å²) in [4.78, 5) is 3.92. The van der Waals surface area contributed by atoms with Gasteiger partial charge in [-0.3, -0.25) is 4.68 Å². The highest BCUT2D eigenvalue weighted by molar-refractivity contribution is 9.09.